The largest absolute Gasteiger partial charge is 0.494 e. The Balaban J connectivity index is 1.50. The normalized spacial score (nSPS) is 10.2. The van der Waals surface area contributed by atoms with Gasteiger partial charge in [0.25, 0.3) is 5.91 Å². The van der Waals surface area contributed by atoms with E-state index in [1.807, 2.05) is 48.5 Å². The molecular formula is C22H21NO2. The molecule has 1 amide bonds. The van der Waals surface area contributed by atoms with E-state index in [4.69, 9.17) is 4.74 Å². The maximum Gasteiger partial charge on any atom is 0.255 e. The van der Waals surface area contributed by atoms with Crippen LogP contribution >= 0.6 is 0 Å². The lowest BCUT2D eigenvalue weighted by Gasteiger charge is -2.09. The van der Waals surface area contributed by atoms with Gasteiger partial charge in [-0.05, 0) is 42.7 Å². The molecule has 0 fully saturated rings. The molecule has 0 aliphatic carbocycles. The second-order valence-electron chi connectivity index (χ2n) is 5.79. The molecule has 0 heterocycles. The molecule has 0 radical (unpaired) electrons. The van der Waals surface area contributed by atoms with Crippen molar-refractivity contribution in [2.24, 2.45) is 0 Å². The molecule has 0 spiro atoms. The first-order valence-electron chi connectivity index (χ1n) is 8.44. The summed E-state index contributed by atoms with van der Waals surface area (Å²) < 4.78 is 5.80. The van der Waals surface area contributed by atoms with Crippen LogP contribution in [0, 0.1) is 0 Å². The zero-order chi connectivity index (χ0) is 17.3. The summed E-state index contributed by atoms with van der Waals surface area (Å²) in [6.45, 7) is 0.644. The smallest absolute Gasteiger partial charge is 0.255 e. The molecule has 3 nitrogen and oxygen atoms in total. The van der Waals surface area contributed by atoms with E-state index in [0.29, 0.717) is 12.2 Å². The zero-order valence-electron chi connectivity index (χ0n) is 14.0. The third-order valence-electron chi connectivity index (χ3n) is 3.85. The van der Waals surface area contributed by atoms with Gasteiger partial charge >= 0.3 is 0 Å². The number of carbonyl (C=O) groups is 1. The Bertz CT molecular complexity index is 801. The number of hydrogen-bond acceptors (Lipinski definition) is 2. The van der Waals surface area contributed by atoms with Crippen molar-refractivity contribution in [2.45, 2.75) is 12.8 Å². The first-order valence-corrected chi connectivity index (χ1v) is 8.44. The number of amides is 1. The standard InChI is InChI=1S/C22H21NO2/c24-22(19-12-5-2-6-13-19)23-20-14-7-15-21(17-20)25-16-8-11-18-9-3-1-4-10-18/h1-7,9-10,12-15,17H,8,11,16H2,(H,23,24). The van der Waals surface area contributed by atoms with E-state index in [2.05, 4.69) is 29.6 Å². The number of nitrogens with one attached hydrogen (secondary N) is 1. The summed E-state index contributed by atoms with van der Waals surface area (Å²) in [5.41, 5.74) is 2.68. The van der Waals surface area contributed by atoms with E-state index in [9.17, 15) is 4.79 Å². The lowest BCUT2D eigenvalue weighted by molar-refractivity contribution is 0.102. The van der Waals surface area contributed by atoms with Crippen molar-refractivity contribution in [1.29, 1.82) is 0 Å². The Labute approximate surface area is 148 Å². The van der Waals surface area contributed by atoms with Gasteiger partial charge in [-0.15, -0.1) is 0 Å². The van der Waals surface area contributed by atoms with E-state index >= 15 is 0 Å². The van der Waals surface area contributed by atoms with Gasteiger partial charge in [-0.1, -0.05) is 54.6 Å². The average molecular weight is 331 g/mol. The van der Waals surface area contributed by atoms with Crippen molar-refractivity contribution in [1.82, 2.24) is 0 Å². The highest BCUT2D eigenvalue weighted by Crippen LogP contribution is 2.18. The number of benzene rings is 3. The van der Waals surface area contributed by atoms with Crippen molar-refractivity contribution in [3.63, 3.8) is 0 Å². The quantitative estimate of drug-likeness (QED) is 0.622. The van der Waals surface area contributed by atoms with Crippen molar-refractivity contribution in [2.75, 3.05) is 11.9 Å². The first-order chi connectivity index (χ1) is 12.3. The fourth-order valence-corrected chi connectivity index (χ4v) is 2.57. The number of aryl methyl sites for hydroxylation is 1. The molecule has 0 aromatic heterocycles. The molecule has 0 saturated heterocycles. The highest BCUT2D eigenvalue weighted by molar-refractivity contribution is 6.04. The van der Waals surface area contributed by atoms with Gasteiger partial charge in [0, 0.05) is 17.3 Å². The van der Waals surface area contributed by atoms with Crippen LogP contribution in [-0.2, 0) is 6.42 Å². The first kappa shape index (κ1) is 16.8. The maximum absolute atomic E-state index is 12.2. The molecule has 3 heteroatoms. The lowest BCUT2D eigenvalue weighted by atomic mass is 10.1. The van der Waals surface area contributed by atoms with Crippen LogP contribution in [0.3, 0.4) is 0 Å². The van der Waals surface area contributed by atoms with E-state index in [-0.39, 0.29) is 5.91 Å². The predicted octanol–water partition coefficient (Wildman–Crippen LogP) is 4.95. The minimum absolute atomic E-state index is 0.123. The third kappa shape index (κ3) is 5.21. The second kappa shape index (κ2) is 8.69. The van der Waals surface area contributed by atoms with E-state index in [0.717, 1.165) is 24.3 Å². The van der Waals surface area contributed by atoms with Crippen LogP contribution in [0.4, 0.5) is 5.69 Å². The van der Waals surface area contributed by atoms with Crippen molar-refractivity contribution >= 4 is 11.6 Å². The van der Waals surface area contributed by atoms with Crippen molar-refractivity contribution < 1.29 is 9.53 Å². The summed E-state index contributed by atoms with van der Waals surface area (Å²) in [6.07, 6.45) is 1.94. The van der Waals surface area contributed by atoms with Crippen LogP contribution in [0.2, 0.25) is 0 Å². The van der Waals surface area contributed by atoms with Crippen LogP contribution < -0.4 is 10.1 Å². The molecule has 0 aliphatic rings. The predicted molar refractivity (Wildman–Crippen MR) is 101 cm³/mol. The lowest BCUT2D eigenvalue weighted by Crippen LogP contribution is -2.11. The fraction of sp³-hybridized carbons (Fsp3) is 0.136. The van der Waals surface area contributed by atoms with E-state index in [1.165, 1.54) is 5.56 Å². The van der Waals surface area contributed by atoms with Gasteiger partial charge in [0.2, 0.25) is 0 Å². The Kier molecular flexibility index (Phi) is 5.83. The molecule has 0 saturated carbocycles. The van der Waals surface area contributed by atoms with Gasteiger partial charge in [-0.25, -0.2) is 0 Å². The highest BCUT2D eigenvalue weighted by atomic mass is 16.5. The molecule has 126 valence electrons. The van der Waals surface area contributed by atoms with Gasteiger partial charge in [0.05, 0.1) is 6.61 Å². The molecule has 3 aromatic rings. The highest BCUT2D eigenvalue weighted by Gasteiger charge is 2.05. The summed E-state index contributed by atoms with van der Waals surface area (Å²) in [7, 11) is 0. The SMILES string of the molecule is O=C(Nc1cccc(OCCCc2ccccc2)c1)c1ccccc1. The average Bonchev–Trinajstić information content (AvgIpc) is 2.67. The molecule has 0 unspecified atom stereocenters. The molecule has 25 heavy (non-hydrogen) atoms. The van der Waals surface area contributed by atoms with Gasteiger partial charge in [0.1, 0.15) is 5.75 Å². The van der Waals surface area contributed by atoms with E-state index in [1.54, 1.807) is 12.1 Å². The number of carbonyl (C=O) groups excluding carboxylic acids is 1. The Morgan fingerprint density at radius 3 is 2.32 bits per heavy atom. The van der Waals surface area contributed by atoms with Crippen molar-refractivity contribution in [3.8, 4) is 5.75 Å². The fourth-order valence-electron chi connectivity index (χ4n) is 2.57. The molecule has 0 bridgehead atoms. The summed E-state index contributed by atoms with van der Waals surface area (Å²) in [5, 5.41) is 2.90. The maximum atomic E-state index is 12.2. The topological polar surface area (TPSA) is 38.3 Å². The monoisotopic (exact) mass is 331 g/mol. The van der Waals surface area contributed by atoms with Gasteiger partial charge < -0.3 is 10.1 Å². The Morgan fingerprint density at radius 2 is 1.56 bits per heavy atom. The molecule has 3 aromatic carbocycles. The Hall–Kier alpha value is -3.07. The third-order valence-corrected chi connectivity index (χ3v) is 3.85. The number of rotatable bonds is 7. The minimum atomic E-state index is -0.123. The summed E-state index contributed by atoms with van der Waals surface area (Å²) in [5.74, 6) is 0.640. The summed E-state index contributed by atoms with van der Waals surface area (Å²) in [6, 6.07) is 27.0. The molecule has 0 aliphatic heterocycles. The van der Waals surface area contributed by atoms with Gasteiger partial charge in [-0.3, -0.25) is 4.79 Å². The van der Waals surface area contributed by atoms with Crippen LogP contribution in [0.25, 0.3) is 0 Å². The van der Waals surface area contributed by atoms with Crippen LogP contribution in [-0.4, -0.2) is 12.5 Å². The van der Waals surface area contributed by atoms with Crippen LogP contribution in [0.15, 0.2) is 84.9 Å². The molecule has 1 N–H and O–H groups in total. The molecular weight excluding hydrogens is 310 g/mol. The summed E-state index contributed by atoms with van der Waals surface area (Å²) >= 11 is 0. The zero-order valence-corrected chi connectivity index (χ0v) is 14.0. The minimum Gasteiger partial charge on any atom is -0.494 e. The summed E-state index contributed by atoms with van der Waals surface area (Å²) in [4.78, 5) is 12.2. The van der Waals surface area contributed by atoms with Gasteiger partial charge in [-0.2, -0.15) is 0 Å². The van der Waals surface area contributed by atoms with Crippen molar-refractivity contribution in [3.05, 3.63) is 96.1 Å². The van der Waals surface area contributed by atoms with Gasteiger partial charge in [0.15, 0.2) is 0 Å². The van der Waals surface area contributed by atoms with Crippen LogP contribution in [0.5, 0.6) is 5.75 Å². The van der Waals surface area contributed by atoms with Crippen LogP contribution in [0.1, 0.15) is 22.3 Å². The molecule has 3 rings (SSSR count). The van der Waals surface area contributed by atoms with E-state index < -0.39 is 0 Å². The molecule has 0 atom stereocenters. The number of ether oxygens (including phenoxy) is 1. The Morgan fingerprint density at radius 1 is 0.840 bits per heavy atom. The second-order valence-corrected chi connectivity index (χ2v) is 5.79. The number of anilines is 1. The number of hydrogen-bond donors (Lipinski definition) is 1.